The van der Waals surface area contributed by atoms with Crippen molar-refractivity contribution in [2.45, 2.75) is 13.2 Å². The van der Waals surface area contributed by atoms with Crippen LogP contribution in [0.5, 0.6) is 0 Å². The molecule has 5 heteroatoms. The van der Waals surface area contributed by atoms with Crippen molar-refractivity contribution >= 4 is 5.69 Å². The summed E-state index contributed by atoms with van der Waals surface area (Å²) in [5, 5.41) is 11.7. The van der Waals surface area contributed by atoms with Gasteiger partial charge in [-0.15, -0.1) is 0 Å². The van der Waals surface area contributed by atoms with Crippen LogP contribution < -0.4 is 5.32 Å². The van der Waals surface area contributed by atoms with E-state index in [1.165, 1.54) is 0 Å². The highest BCUT2D eigenvalue weighted by molar-refractivity contribution is 5.51. The minimum atomic E-state index is -0.733. The number of methoxy groups -OCH3 is 1. The normalized spacial score (nSPS) is 10.2. The molecule has 2 rings (SSSR count). The first-order chi connectivity index (χ1) is 10.2. The van der Waals surface area contributed by atoms with Gasteiger partial charge in [-0.3, -0.25) is 0 Å². The van der Waals surface area contributed by atoms with E-state index in [0.717, 1.165) is 23.4 Å². The molecule has 1 N–H and O–H groups in total. The van der Waals surface area contributed by atoms with E-state index in [1.54, 1.807) is 13.2 Å². The van der Waals surface area contributed by atoms with Gasteiger partial charge in [0.15, 0.2) is 0 Å². The van der Waals surface area contributed by atoms with Gasteiger partial charge in [0.25, 0.3) is 0 Å². The van der Waals surface area contributed by atoms with Gasteiger partial charge in [0.05, 0.1) is 18.2 Å². The van der Waals surface area contributed by atoms with Gasteiger partial charge in [0.1, 0.15) is 11.6 Å². The number of halogens is 2. The van der Waals surface area contributed by atoms with Crippen molar-refractivity contribution in [2.24, 2.45) is 0 Å². The lowest BCUT2D eigenvalue weighted by molar-refractivity contribution is 0.185. The first-order valence-corrected chi connectivity index (χ1v) is 6.34. The molecule has 0 spiro atoms. The maximum Gasteiger partial charge on any atom is 0.132 e. The summed E-state index contributed by atoms with van der Waals surface area (Å²) in [5.41, 5.74) is 1.52. The molecule has 108 valence electrons. The Morgan fingerprint density at radius 3 is 2.48 bits per heavy atom. The Kier molecular flexibility index (Phi) is 4.85. The van der Waals surface area contributed by atoms with Gasteiger partial charge in [-0.1, -0.05) is 18.2 Å². The standard InChI is InChI=1S/C16H14F2N2O/c1-21-10-12-4-2-3-5-16(12)20-9-13-14(17)6-11(8-19)7-15(13)18/h2-7,20H,9-10H2,1H3. The Bertz CT molecular complexity index is 657. The molecule has 0 radical (unpaired) electrons. The molecular weight excluding hydrogens is 274 g/mol. The largest absolute Gasteiger partial charge is 0.380 e. The second-order valence-corrected chi connectivity index (χ2v) is 4.47. The third-order valence-corrected chi connectivity index (χ3v) is 3.04. The van der Waals surface area contributed by atoms with Crippen molar-refractivity contribution in [3.05, 3.63) is 64.7 Å². The molecule has 2 aromatic carbocycles. The van der Waals surface area contributed by atoms with Crippen LogP contribution in [-0.4, -0.2) is 7.11 Å². The molecular formula is C16H14F2N2O. The summed E-state index contributed by atoms with van der Waals surface area (Å²) >= 11 is 0. The summed E-state index contributed by atoms with van der Waals surface area (Å²) in [6.45, 7) is 0.394. The summed E-state index contributed by atoms with van der Waals surface area (Å²) in [5.74, 6) is -1.47. The van der Waals surface area contributed by atoms with Crippen LogP contribution in [0.3, 0.4) is 0 Å². The van der Waals surface area contributed by atoms with Gasteiger partial charge >= 0.3 is 0 Å². The van der Waals surface area contributed by atoms with Gasteiger partial charge < -0.3 is 10.1 Å². The summed E-state index contributed by atoms with van der Waals surface area (Å²) in [4.78, 5) is 0. The second-order valence-electron chi connectivity index (χ2n) is 4.47. The summed E-state index contributed by atoms with van der Waals surface area (Å²) in [7, 11) is 1.58. The van der Waals surface area contributed by atoms with Crippen molar-refractivity contribution in [1.29, 1.82) is 5.26 Å². The lowest BCUT2D eigenvalue weighted by Gasteiger charge is -2.12. The number of nitriles is 1. The number of benzene rings is 2. The van der Waals surface area contributed by atoms with Crippen LogP contribution in [0.15, 0.2) is 36.4 Å². The molecule has 0 atom stereocenters. The Balaban J connectivity index is 2.19. The van der Waals surface area contributed by atoms with Gasteiger partial charge in [-0.25, -0.2) is 8.78 Å². The SMILES string of the molecule is COCc1ccccc1NCc1c(F)cc(C#N)cc1F. The first kappa shape index (κ1) is 14.9. The molecule has 0 amide bonds. The first-order valence-electron chi connectivity index (χ1n) is 6.34. The number of nitrogens with one attached hydrogen (secondary N) is 1. The quantitative estimate of drug-likeness (QED) is 0.914. The maximum atomic E-state index is 13.8. The van der Waals surface area contributed by atoms with E-state index in [9.17, 15) is 8.78 Å². The molecule has 21 heavy (non-hydrogen) atoms. The van der Waals surface area contributed by atoms with Gasteiger partial charge in [-0.2, -0.15) is 5.26 Å². The number of hydrogen-bond acceptors (Lipinski definition) is 3. The van der Waals surface area contributed by atoms with E-state index in [4.69, 9.17) is 10.00 Å². The highest BCUT2D eigenvalue weighted by atomic mass is 19.1. The number of hydrogen-bond donors (Lipinski definition) is 1. The molecule has 0 aromatic heterocycles. The van der Waals surface area contributed by atoms with E-state index in [0.29, 0.717) is 6.61 Å². The fourth-order valence-corrected chi connectivity index (χ4v) is 1.99. The van der Waals surface area contributed by atoms with E-state index in [2.05, 4.69) is 5.32 Å². The van der Waals surface area contributed by atoms with Gasteiger partial charge in [0.2, 0.25) is 0 Å². The molecule has 2 aromatic rings. The lowest BCUT2D eigenvalue weighted by atomic mass is 10.1. The van der Waals surface area contributed by atoms with Crippen LogP contribution in [0.2, 0.25) is 0 Å². The molecule has 0 bridgehead atoms. The molecule has 0 saturated carbocycles. The number of ether oxygens (including phenoxy) is 1. The van der Waals surface area contributed by atoms with Crippen molar-refractivity contribution in [3.8, 4) is 6.07 Å². The van der Waals surface area contributed by atoms with Gasteiger partial charge in [0, 0.05) is 30.5 Å². The molecule has 0 aliphatic heterocycles. The summed E-state index contributed by atoms with van der Waals surface area (Å²) in [6, 6.07) is 11.2. The van der Waals surface area contributed by atoms with E-state index in [1.807, 2.05) is 24.3 Å². The third-order valence-electron chi connectivity index (χ3n) is 3.04. The zero-order valence-corrected chi connectivity index (χ0v) is 11.5. The highest BCUT2D eigenvalue weighted by Gasteiger charge is 2.11. The number of para-hydroxylation sites is 1. The number of anilines is 1. The molecule has 3 nitrogen and oxygen atoms in total. The van der Waals surface area contributed by atoms with Crippen molar-refractivity contribution in [1.82, 2.24) is 0 Å². The monoisotopic (exact) mass is 288 g/mol. The zero-order chi connectivity index (χ0) is 15.2. The third kappa shape index (κ3) is 3.56. The predicted molar refractivity (Wildman–Crippen MR) is 75.6 cm³/mol. The van der Waals surface area contributed by atoms with Crippen LogP contribution in [-0.2, 0) is 17.9 Å². The average Bonchev–Trinajstić information content (AvgIpc) is 2.48. The molecule has 0 heterocycles. The van der Waals surface area contributed by atoms with Crippen molar-refractivity contribution < 1.29 is 13.5 Å². The predicted octanol–water partition coefficient (Wildman–Crippen LogP) is 3.59. The van der Waals surface area contributed by atoms with E-state index < -0.39 is 11.6 Å². The molecule has 0 unspecified atom stereocenters. The van der Waals surface area contributed by atoms with Crippen LogP contribution in [0, 0.1) is 23.0 Å². The molecule has 0 aliphatic rings. The second kappa shape index (κ2) is 6.82. The maximum absolute atomic E-state index is 13.8. The Morgan fingerprint density at radius 2 is 1.86 bits per heavy atom. The van der Waals surface area contributed by atoms with Crippen LogP contribution >= 0.6 is 0 Å². The minimum absolute atomic E-state index is 0.00982. The Labute approximate surface area is 121 Å². The van der Waals surface area contributed by atoms with Crippen LogP contribution in [0.25, 0.3) is 0 Å². The topological polar surface area (TPSA) is 45.0 Å². The van der Waals surface area contributed by atoms with E-state index in [-0.39, 0.29) is 17.7 Å². The van der Waals surface area contributed by atoms with Crippen LogP contribution in [0.1, 0.15) is 16.7 Å². The van der Waals surface area contributed by atoms with Crippen LogP contribution in [0.4, 0.5) is 14.5 Å². The van der Waals surface area contributed by atoms with Crippen molar-refractivity contribution in [2.75, 3.05) is 12.4 Å². The fourth-order valence-electron chi connectivity index (χ4n) is 1.99. The molecule has 0 saturated heterocycles. The minimum Gasteiger partial charge on any atom is -0.380 e. The van der Waals surface area contributed by atoms with Gasteiger partial charge in [-0.05, 0) is 18.2 Å². The molecule has 0 aliphatic carbocycles. The number of rotatable bonds is 5. The Hall–Kier alpha value is -2.45. The fraction of sp³-hybridized carbons (Fsp3) is 0.188. The average molecular weight is 288 g/mol. The summed E-state index contributed by atoms with van der Waals surface area (Å²) < 4.78 is 32.7. The lowest BCUT2D eigenvalue weighted by Crippen LogP contribution is -2.07. The summed E-state index contributed by atoms with van der Waals surface area (Å²) in [6.07, 6.45) is 0. The van der Waals surface area contributed by atoms with Crippen molar-refractivity contribution in [3.63, 3.8) is 0 Å². The highest BCUT2D eigenvalue weighted by Crippen LogP contribution is 2.20. The smallest absolute Gasteiger partial charge is 0.132 e. The zero-order valence-electron chi connectivity index (χ0n) is 11.5. The molecule has 0 fully saturated rings. The number of nitrogens with zero attached hydrogens (tertiary/aromatic N) is 1. The Morgan fingerprint density at radius 1 is 1.19 bits per heavy atom. The van der Waals surface area contributed by atoms with E-state index >= 15 is 0 Å².